The van der Waals surface area contributed by atoms with Gasteiger partial charge in [0.2, 0.25) is 5.91 Å². The lowest BCUT2D eigenvalue weighted by Gasteiger charge is -2.06. The topological polar surface area (TPSA) is 70.0 Å². The molecule has 0 aliphatic heterocycles. The average molecular weight is 363 g/mol. The highest BCUT2D eigenvalue weighted by atomic mass is 79.9. The summed E-state index contributed by atoms with van der Waals surface area (Å²) in [5.74, 6) is -0.501. The van der Waals surface area contributed by atoms with E-state index in [-0.39, 0.29) is 11.7 Å². The molecule has 0 spiro atoms. The van der Waals surface area contributed by atoms with Crippen molar-refractivity contribution in [3.8, 4) is 6.07 Å². The molecule has 1 amide bonds. The van der Waals surface area contributed by atoms with Crippen LogP contribution in [0.15, 0.2) is 57.9 Å². The van der Waals surface area contributed by atoms with Gasteiger partial charge in [0.15, 0.2) is 0 Å². The van der Waals surface area contributed by atoms with Gasteiger partial charge in [-0.1, -0.05) is 18.2 Å². The Morgan fingerprint density at radius 2 is 2.00 bits per heavy atom. The Labute approximate surface area is 133 Å². The van der Waals surface area contributed by atoms with Gasteiger partial charge in [-0.25, -0.2) is 0 Å². The van der Waals surface area contributed by atoms with E-state index in [0.29, 0.717) is 20.6 Å². The highest BCUT2D eigenvalue weighted by Crippen LogP contribution is 2.20. The maximum Gasteiger partial charge on any atom is 0.237 e. The molecule has 4 nitrogen and oxygen atoms in total. The van der Waals surface area contributed by atoms with Crippen LogP contribution in [-0.2, 0) is 15.6 Å². The molecule has 0 radical (unpaired) electrons. The Morgan fingerprint density at radius 3 is 2.71 bits per heavy atom. The smallest absolute Gasteiger partial charge is 0.237 e. The van der Waals surface area contributed by atoms with Crippen LogP contribution in [0.1, 0.15) is 5.56 Å². The van der Waals surface area contributed by atoms with E-state index in [0.717, 1.165) is 0 Å². The number of halogens is 1. The Hall–Kier alpha value is -1.97. The van der Waals surface area contributed by atoms with Gasteiger partial charge in [-0.2, -0.15) is 5.26 Å². The van der Waals surface area contributed by atoms with Crippen LogP contribution in [0.25, 0.3) is 0 Å². The number of nitrogens with zero attached hydrogens (tertiary/aromatic N) is 1. The molecule has 0 heterocycles. The third-order valence-corrected chi connectivity index (χ3v) is 4.94. The molecule has 21 heavy (non-hydrogen) atoms. The zero-order valence-electron chi connectivity index (χ0n) is 10.9. The van der Waals surface area contributed by atoms with E-state index < -0.39 is 10.8 Å². The van der Waals surface area contributed by atoms with E-state index in [4.69, 9.17) is 5.26 Å². The zero-order chi connectivity index (χ0) is 15.2. The van der Waals surface area contributed by atoms with Gasteiger partial charge in [0.25, 0.3) is 0 Å². The molecular weight excluding hydrogens is 352 g/mol. The van der Waals surface area contributed by atoms with E-state index in [1.54, 1.807) is 42.5 Å². The second-order valence-electron chi connectivity index (χ2n) is 4.16. The summed E-state index contributed by atoms with van der Waals surface area (Å²) in [7, 11) is -1.43. The second kappa shape index (κ2) is 7.16. The summed E-state index contributed by atoms with van der Waals surface area (Å²) in [6.07, 6.45) is 0. The van der Waals surface area contributed by atoms with E-state index in [9.17, 15) is 9.00 Å². The Balaban J connectivity index is 2.03. The molecular formula is C15H11BrN2O2S. The van der Waals surface area contributed by atoms with Crippen LogP contribution in [-0.4, -0.2) is 15.9 Å². The normalized spacial score (nSPS) is 11.4. The summed E-state index contributed by atoms with van der Waals surface area (Å²) in [4.78, 5) is 12.5. The van der Waals surface area contributed by atoms with Crippen molar-refractivity contribution in [2.75, 3.05) is 11.1 Å². The number of amides is 1. The maximum atomic E-state index is 12.2. The molecule has 0 aliphatic rings. The lowest BCUT2D eigenvalue weighted by atomic mass is 10.2. The third-order valence-electron chi connectivity index (χ3n) is 2.62. The molecule has 0 aliphatic carbocycles. The van der Waals surface area contributed by atoms with Crippen molar-refractivity contribution < 1.29 is 9.00 Å². The number of hydrogen-bond donors (Lipinski definition) is 1. The first-order valence-electron chi connectivity index (χ1n) is 6.03. The van der Waals surface area contributed by atoms with Gasteiger partial charge < -0.3 is 5.32 Å². The number of rotatable bonds is 4. The fourth-order valence-corrected chi connectivity index (χ4v) is 3.50. The molecule has 0 saturated carbocycles. The van der Waals surface area contributed by atoms with Crippen molar-refractivity contribution in [2.45, 2.75) is 4.90 Å². The first-order valence-corrected chi connectivity index (χ1v) is 8.14. The molecule has 6 heteroatoms. The van der Waals surface area contributed by atoms with Crippen LogP contribution in [0, 0.1) is 11.3 Å². The lowest BCUT2D eigenvalue weighted by molar-refractivity contribution is -0.113. The summed E-state index contributed by atoms with van der Waals surface area (Å²) in [5.41, 5.74) is 0.975. The van der Waals surface area contributed by atoms with Crippen molar-refractivity contribution in [2.24, 2.45) is 0 Å². The minimum absolute atomic E-state index is 0.139. The van der Waals surface area contributed by atoms with E-state index in [2.05, 4.69) is 21.2 Å². The molecule has 0 fully saturated rings. The SMILES string of the molecule is N#Cc1cccc(NC(=O)CS(=O)c2ccccc2Br)c1. The van der Waals surface area contributed by atoms with Gasteiger partial charge in [0.1, 0.15) is 5.75 Å². The first kappa shape index (κ1) is 15.4. The number of carbonyl (C=O) groups excluding carboxylic acids is 1. The molecule has 2 rings (SSSR count). The number of carbonyl (C=O) groups is 1. The molecule has 0 bridgehead atoms. The summed E-state index contributed by atoms with van der Waals surface area (Å²) in [6, 6.07) is 15.7. The van der Waals surface area contributed by atoms with Gasteiger partial charge in [0.05, 0.1) is 27.3 Å². The molecule has 0 saturated heterocycles. The van der Waals surface area contributed by atoms with Crippen molar-refractivity contribution >= 4 is 38.3 Å². The summed E-state index contributed by atoms with van der Waals surface area (Å²) in [6.45, 7) is 0. The number of hydrogen-bond acceptors (Lipinski definition) is 3. The highest BCUT2D eigenvalue weighted by Gasteiger charge is 2.13. The molecule has 0 aromatic heterocycles. The Bertz CT molecular complexity index is 740. The Kier molecular flexibility index (Phi) is 5.26. The highest BCUT2D eigenvalue weighted by molar-refractivity contribution is 9.10. The van der Waals surface area contributed by atoms with E-state index >= 15 is 0 Å². The quantitative estimate of drug-likeness (QED) is 0.908. The van der Waals surface area contributed by atoms with Gasteiger partial charge in [0, 0.05) is 10.2 Å². The summed E-state index contributed by atoms with van der Waals surface area (Å²) in [5, 5.41) is 11.4. The second-order valence-corrected chi connectivity index (χ2v) is 6.43. The number of nitriles is 1. The molecule has 1 atom stereocenters. The summed E-state index contributed by atoms with van der Waals surface area (Å²) >= 11 is 3.31. The van der Waals surface area contributed by atoms with Crippen molar-refractivity contribution in [3.05, 3.63) is 58.6 Å². The number of nitrogens with one attached hydrogen (secondary N) is 1. The largest absolute Gasteiger partial charge is 0.325 e. The number of benzene rings is 2. The van der Waals surface area contributed by atoms with Crippen LogP contribution in [0.5, 0.6) is 0 Å². The van der Waals surface area contributed by atoms with Crippen LogP contribution in [0.4, 0.5) is 5.69 Å². The molecule has 1 unspecified atom stereocenters. The fraction of sp³-hybridized carbons (Fsp3) is 0.0667. The zero-order valence-corrected chi connectivity index (χ0v) is 13.3. The Morgan fingerprint density at radius 1 is 1.24 bits per heavy atom. The minimum Gasteiger partial charge on any atom is -0.325 e. The van der Waals surface area contributed by atoms with Crippen molar-refractivity contribution in [1.29, 1.82) is 5.26 Å². The van der Waals surface area contributed by atoms with Crippen LogP contribution < -0.4 is 5.32 Å². The predicted octanol–water partition coefficient (Wildman–Crippen LogP) is 3.07. The van der Waals surface area contributed by atoms with Crippen LogP contribution in [0.2, 0.25) is 0 Å². The predicted molar refractivity (Wildman–Crippen MR) is 85.2 cm³/mol. The fourth-order valence-electron chi connectivity index (χ4n) is 1.69. The van der Waals surface area contributed by atoms with Gasteiger partial charge in [-0.15, -0.1) is 0 Å². The van der Waals surface area contributed by atoms with Crippen LogP contribution in [0.3, 0.4) is 0 Å². The first-order chi connectivity index (χ1) is 10.1. The van der Waals surface area contributed by atoms with Gasteiger partial charge in [-0.3, -0.25) is 9.00 Å². The van der Waals surface area contributed by atoms with Crippen molar-refractivity contribution in [1.82, 2.24) is 0 Å². The lowest BCUT2D eigenvalue weighted by Crippen LogP contribution is -2.19. The van der Waals surface area contributed by atoms with Gasteiger partial charge in [-0.05, 0) is 46.3 Å². The average Bonchev–Trinajstić information content (AvgIpc) is 2.47. The molecule has 2 aromatic rings. The maximum absolute atomic E-state index is 12.2. The van der Waals surface area contributed by atoms with E-state index in [1.165, 1.54) is 0 Å². The van der Waals surface area contributed by atoms with E-state index in [1.807, 2.05) is 12.1 Å². The summed E-state index contributed by atoms with van der Waals surface area (Å²) < 4.78 is 12.9. The third kappa shape index (κ3) is 4.25. The molecule has 106 valence electrons. The van der Waals surface area contributed by atoms with Crippen molar-refractivity contribution in [3.63, 3.8) is 0 Å². The van der Waals surface area contributed by atoms with Gasteiger partial charge >= 0.3 is 0 Å². The molecule has 2 aromatic carbocycles. The standard InChI is InChI=1S/C15H11BrN2O2S/c16-13-6-1-2-7-14(13)21(20)10-15(19)18-12-5-3-4-11(8-12)9-17/h1-8H,10H2,(H,18,19). The molecule has 1 N–H and O–H groups in total. The number of anilines is 1. The monoisotopic (exact) mass is 362 g/mol. The van der Waals surface area contributed by atoms with Crippen LogP contribution >= 0.6 is 15.9 Å². The minimum atomic E-state index is -1.43.